The van der Waals surface area contributed by atoms with E-state index in [-0.39, 0.29) is 11.9 Å². The van der Waals surface area contributed by atoms with Crippen molar-refractivity contribution in [2.24, 2.45) is 0 Å². The van der Waals surface area contributed by atoms with Crippen molar-refractivity contribution in [3.05, 3.63) is 29.8 Å². The van der Waals surface area contributed by atoms with E-state index < -0.39 is 0 Å². The highest BCUT2D eigenvalue weighted by molar-refractivity contribution is 5.78. The second-order valence-corrected chi connectivity index (χ2v) is 4.27. The Balaban J connectivity index is 1.91. The summed E-state index contributed by atoms with van der Waals surface area (Å²) >= 11 is 0. The number of ether oxygens (including phenoxy) is 1. The first kappa shape index (κ1) is 11.9. The predicted molar refractivity (Wildman–Crippen MR) is 66.8 cm³/mol. The van der Waals surface area contributed by atoms with Crippen LogP contribution in [0.5, 0.6) is 0 Å². The van der Waals surface area contributed by atoms with Crippen molar-refractivity contribution in [1.29, 1.82) is 0 Å². The first-order valence-corrected chi connectivity index (χ1v) is 5.89. The Kier molecular flexibility index (Phi) is 3.98. The highest BCUT2D eigenvalue weighted by Gasteiger charge is 2.20. The first-order valence-electron chi connectivity index (χ1n) is 5.89. The van der Waals surface area contributed by atoms with E-state index in [0.717, 1.165) is 24.2 Å². The third-order valence-electron chi connectivity index (χ3n) is 2.94. The average Bonchev–Trinajstić information content (AvgIpc) is 2.74. The molecule has 4 heteroatoms. The summed E-state index contributed by atoms with van der Waals surface area (Å²) in [4.78, 5) is 11.1. The van der Waals surface area contributed by atoms with Crippen molar-refractivity contribution in [3.63, 3.8) is 0 Å². The molecule has 1 aromatic carbocycles. The van der Waals surface area contributed by atoms with Gasteiger partial charge >= 0.3 is 0 Å². The number of carbonyl (C=O) groups excluding carboxylic acids is 1. The molecule has 1 aliphatic heterocycles. The molecule has 2 rings (SSSR count). The van der Waals surface area contributed by atoms with E-state index in [0.29, 0.717) is 13.0 Å². The molecular formula is C13H18N2O2. The van der Waals surface area contributed by atoms with Crippen molar-refractivity contribution in [2.45, 2.75) is 25.5 Å². The summed E-state index contributed by atoms with van der Waals surface area (Å²) in [6.45, 7) is 1.37. The number of para-hydroxylation sites is 1. The van der Waals surface area contributed by atoms with Crippen LogP contribution < -0.4 is 10.6 Å². The minimum atomic E-state index is 0.155. The summed E-state index contributed by atoms with van der Waals surface area (Å²) < 4.78 is 5.15. The van der Waals surface area contributed by atoms with Gasteiger partial charge in [-0.3, -0.25) is 4.79 Å². The van der Waals surface area contributed by atoms with E-state index in [2.05, 4.69) is 10.6 Å². The topological polar surface area (TPSA) is 50.4 Å². The number of benzene rings is 1. The molecule has 0 spiro atoms. The quantitative estimate of drug-likeness (QED) is 0.812. The number of anilines is 1. The molecule has 1 aromatic rings. The van der Waals surface area contributed by atoms with E-state index in [1.807, 2.05) is 24.3 Å². The molecule has 1 atom stereocenters. The molecule has 1 unspecified atom stereocenters. The second kappa shape index (κ2) is 5.68. The molecule has 1 amide bonds. The number of carbonyl (C=O) groups is 1. The number of nitrogens with one attached hydrogen (secondary N) is 2. The zero-order valence-corrected chi connectivity index (χ0v) is 10.0. The SMILES string of the molecule is COCc1ccccc1NCC1CCC(=O)N1. The molecule has 4 nitrogen and oxygen atoms in total. The normalized spacial score (nSPS) is 19.1. The Morgan fingerprint density at radius 3 is 3.00 bits per heavy atom. The second-order valence-electron chi connectivity index (χ2n) is 4.27. The first-order chi connectivity index (χ1) is 8.29. The summed E-state index contributed by atoms with van der Waals surface area (Å²) in [5.41, 5.74) is 2.22. The van der Waals surface area contributed by atoms with Crippen LogP contribution >= 0.6 is 0 Å². The van der Waals surface area contributed by atoms with Crippen LogP contribution in [0, 0.1) is 0 Å². The number of hydrogen-bond acceptors (Lipinski definition) is 3. The minimum Gasteiger partial charge on any atom is -0.383 e. The predicted octanol–water partition coefficient (Wildman–Crippen LogP) is 1.52. The van der Waals surface area contributed by atoms with Crippen molar-refractivity contribution >= 4 is 11.6 Å². The zero-order chi connectivity index (χ0) is 12.1. The smallest absolute Gasteiger partial charge is 0.220 e. The van der Waals surface area contributed by atoms with Gasteiger partial charge in [-0.1, -0.05) is 18.2 Å². The Morgan fingerprint density at radius 2 is 2.29 bits per heavy atom. The van der Waals surface area contributed by atoms with Crippen molar-refractivity contribution < 1.29 is 9.53 Å². The number of amides is 1. The molecular weight excluding hydrogens is 216 g/mol. The average molecular weight is 234 g/mol. The van der Waals surface area contributed by atoms with Crippen LogP contribution in [0.4, 0.5) is 5.69 Å². The van der Waals surface area contributed by atoms with Crippen molar-refractivity contribution in [3.8, 4) is 0 Å². The van der Waals surface area contributed by atoms with Crippen molar-refractivity contribution in [1.82, 2.24) is 5.32 Å². The maximum atomic E-state index is 11.1. The molecule has 1 aliphatic rings. The van der Waals surface area contributed by atoms with E-state index in [1.165, 1.54) is 0 Å². The highest BCUT2D eigenvalue weighted by Crippen LogP contribution is 2.16. The van der Waals surface area contributed by atoms with E-state index in [4.69, 9.17) is 4.74 Å². The highest BCUT2D eigenvalue weighted by atomic mass is 16.5. The van der Waals surface area contributed by atoms with Crippen LogP contribution in [-0.2, 0) is 16.1 Å². The largest absolute Gasteiger partial charge is 0.383 e. The summed E-state index contributed by atoms with van der Waals surface area (Å²) in [5.74, 6) is 0.155. The van der Waals surface area contributed by atoms with E-state index in [1.54, 1.807) is 7.11 Å². The molecule has 92 valence electrons. The summed E-state index contributed by atoms with van der Waals surface area (Å²) in [6, 6.07) is 8.31. The van der Waals surface area contributed by atoms with Crippen LogP contribution in [0.15, 0.2) is 24.3 Å². The molecule has 0 aliphatic carbocycles. The Hall–Kier alpha value is -1.55. The molecule has 1 heterocycles. The van der Waals surface area contributed by atoms with Crippen molar-refractivity contribution in [2.75, 3.05) is 19.0 Å². The number of rotatable bonds is 5. The molecule has 0 bridgehead atoms. The summed E-state index contributed by atoms with van der Waals surface area (Å²) in [5, 5.41) is 6.31. The third-order valence-corrected chi connectivity index (χ3v) is 2.94. The van der Waals surface area contributed by atoms with Crippen LogP contribution in [0.2, 0.25) is 0 Å². The lowest BCUT2D eigenvalue weighted by molar-refractivity contribution is -0.119. The maximum absolute atomic E-state index is 11.1. The van der Waals surface area contributed by atoms with Crippen LogP contribution in [-0.4, -0.2) is 25.6 Å². The minimum absolute atomic E-state index is 0.155. The van der Waals surface area contributed by atoms with E-state index >= 15 is 0 Å². The van der Waals surface area contributed by atoms with Gasteiger partial charge in [0, 0.05) is 37.4 Å². The standard InChI is InChI=1S/C13H18N2O2/c1-17-9-10-4-2-3-5-12(10)14-8-11-6-7-13(16)15-11/h2-5,11,14H,6-9H2,1H3,(H,15,16). The summed E-state index contributed by atoms with van der Waals surface area (Å²) in [7, 11) is 1.69. The van der Waals surface area contributed by atoms with E-state index in [9.17, 15) is 4.79 Å². The molecule has 0 radical (unpaired) electrons. The number of methoxy groups -OCH3 is 1. The van der Waals surface area contributed by atoms with Crippen LogP contribution in [0.1, 0.15) is 18.4 Å². The maximum Gasteiger partial charge on any atom is 0.220 e. The fraction of sp³-hybridized carbons (Fsp3) is 0.462. The van der Waals surface area contributed by atoms with Gasteiger partial charge in [-0.2, -0.15) is 0 Å². The molecule has 2 N–H and O–H groups in total. The lowest BCUT2D eigenvalue weighted by atomic mass is 10.1. The summed E-state index contributed by atoms with van der Waals surface area (Å²) in [6.07, 6.45) is 1.56. The van der Waals surface area contributed by atoms with Gasteiger partial charge in [0.2, 0.25) is 5.91 Å². The van der Waals surface area contributed by atoms with Gasteiger partial charge in [-0.25, -0.2) is 0 Å². The van der Waals surface area contributed by atoms with Gasteiger partial charge in [0.25, 0.3) is 0 Å². The Labute approximate surface area is 101 Å². The lowest BCUT2D eigenvalue weighted by Crippen LogP contribution is -2.32. The lowest BCUT2D eigenvalue weighted by Gasteiger charge is -2.15. The molecule has 1 fully saturated rings. The Morgan fingerprint density at radius 1 is 1.47 bits per heavy atom. The Bertz CT molecular complexity index is 393. The van der Waals surface area contributed by atoms with Crippen LogP contribution in [0.3, 0.4) is 0 Å². The van der Waals surface area contributed by atoms with Gasteiger partial charge in [0.05, 0.1) is 6.61 Å². The fourth-order valence-electron chi connectivity index (χ4n) is 2.04. The van der Waals surface area contributed by atoms with Gasteiger partial charge in [-0.05, 0) is 12.5 Å². The molecule has 0 aromatic heterocycles. The van der Waals surface area contributed by atoms with Gasteiger partial charge in [-0.15, -0.1) is 0 Å². The molecule has 17 heavy (non-hydrogen) atoms. The third kappa shape index (κ3) is 3.20. The van der Waals surface area contributed by atoms with Gasteiger partial charge in [0.15, 0.2) is 0 Å². The number of hydrogen-bond donors (Lipinski definition) is 2. The van der Waals surface area contributed by atoms with Crippen LogP contribution in [0.25, 0.3) is 0 Å². The van der Waals surface area contributed by atoms with Gasteiger partial charge < -0.3 is 15.4 Å². The zero-order valence-electron chi connectivity index (χ0n) is 10.0. The molecule has 0 saturated carbocycles. The molecule has 1 saturated heterocycles. The fourth-order valence-corrected chi connectivity index (χ4v) is 2.04. The van der Waals surface area contributed by atoms with Gasteiger partial charge in [0.1, 0.15) is 0 Å². The monoisotopic (exact) mass is 234 g/mol.